The Labute approximate surface area is 107 Å². The van der Waals surface area contributed by atoms with Gasteiger partial charge in [0.15, 0.2) is 0 Å². The molecule has 1 rings (SSSR count). The van der Waals surface area contributed by atoms with Crippen LogP contribution in [0.25, 0.3) is 0 Å². The number of aromatic nitrogens is 1. The minimum Gasteiger partial charge on any atom is -0.478 e. The highest BCUT2D eigenvalue weighted by molar-refractivity contribution is 5.87. The molecular formula is C13H20N2O3. The summed E-state index contributed by atoms with van der Waals surface area (Å²) < 4.78 is 5.15. The van der Waals surface area contributed by atoms with Gasteiger partial charge in [0.1, 0.15) is 5.82 Å². The molecule has 1 unspecified atom stereocenters. The molecule has 0 saturated heterocycles. The zero-order valence-electron chi connectivity index (χ0n) is 11.3. The molecule has 1 heterocycles. The molecule has 5 heteroatoms. The molecule has 1 aromatic rings. The van der Waals surface area contributed by atoms with Crippen molar-refractivity contribution in [3.8, 4) is 0 Å². The SMILES string of the molecule is CCN(c1ncc(C(=O)O)cc1C)C(C)COC. The Morgan fingerprint density at radius 1 is 1.61 bits per heavy atom. The molecule has 1 atom stereocenters. The van der Waals surface area contributed by atoms with Crippen molar-refractivity contribution in [2.45, 2.75) is 26.8 Å². The van der Waals surface area contributed by atoms with Crippen molar-refractivity contribution >= 4 is 11.8 Å². The molecule has 0 amide bonds. The summed E-state index contributed by atoms with van der Waals surface area (Å²) in [4.78, 5) is 17.2. The van der Waals surface area contributed by atoms with Crippen molar-refractivity contribution in [3.05, 3.63) is 23.4 Å². The van der Waals surface area contributed by atoms with E-state index in [1.165, 1.54) is 6.20 Å². The number of anilines is 1. The third kappa shape index (κ3) is 3.20. The minimum absolute atomic E-state index is 0.196. The fourth-order valence-corrected chi connectivity index (χ4v) is 1.99. The number of carbonyl (C=O) groups is 1. The molecule has 0 spiro atoms. The fraction of sp³-hybridized carbons (Fsp3) is 0.538. The third-order valence-electron chi connectivity index (χ3n) is 2.85. The number of carboxylic acids is 1. The average molecular weight is 252 g/mol. The molecule has 0 aliphatic heterocycles. The average Bonchev–Trinajstić information content (AvgIpc) is 2.32. The Morgan fingerprint density at radius 3 is 2.72 bits per heavy atom. The van der Waals surface area contributed by atoms with E-state index in [1.54, 1.807) is 13.2 Å². The number of rotatable bonds is 6. The van der Waals surface area contributed by atoms with E-state index in [2.05, 4.69) is 16.8 Å². The summed E-state index contributed by atoms with van der Waals surface area (Å²) in [6.07, 6.45) is 1.40. The van der Waals surface area contributed by atoms with Crippen LogP contribution in [0.3, 0.4) is 0 Å². The van der Waals surface area contributed by atoms with Crippen LogP contribution in [0, 0.1) is 6.92 Å². The van der Waals surface area contributed by atoms with E-state index >= 15 is 0 Å². The van der Waals surface area contributed by atoms with Crippen LogP contribution in [0.1, 0.15) is 29.8 Å². The Morgan fingerprint density at radius 2 is 2.28 bits per heavy atom. The number of hydrogen-bond donors (Lipinski definition) is 1. The van der Waals surface area contributed by atoms with Gasteiger partial charge in [-0.15, -0.1) is 0 Å². The standard InChI is InChI=1S/C13H20N2O3/c1-5-15(10(3)8-18-4)12-9(2)6-11(7-14-12)13(16)17/h6-7,10H,5,8H2,1-4H3,(H,16,17). The maximum atomic E-state index is 10.9. The maximum absolute atomic E-state index is 10.9. The number of nitrogens with zero attached hydrogens (tertiary/aromatic N) is 2. The molecule has 1 aromatic heterocycles. The number of likely N-dealkylation sites (N-methyl/N-ethyl adjacent to an activating group) is 1. The lowest BCUT2D eigenvalue weighted by molar-refractivity contribution is 0.0696. The summed E-state index contributed by atoms with van der Waals surface area (Å²) in [6.45, 7) is 7.37. The Hall–Kier alpha value is -1.62. The first kappa shape index (κ1) is 14.4. The maximum Gasteiger partial charge on any atom is 0.337 e. The molecule has 100 valence electrons. The van der Waals surface area contributed by atoms with Gasteiger partial charge in [-0.25, -0.2) is 9.78 Å². The molecule has 0 fully saturated rings. The molecule has 5 nitrogen and oxygen atoms in total. The summed E-state index contributed by atoms with van der Waals surface area (Å²) in [7, 11) is 1.66. The highest BCUT2D eigenvalue weighted by Crippen LogP contribution is 2.20. The highest BCUT2D eigenvalue weighted by atomic mass is 16.5. The normalized spacial score (nSPS) is 12.2. The van der Waals surface area contributed by atoms with Gasteiger partial charge in [-0.1, -0.05) is 0 Å². The van der Waals surface area contributed by atoms with Gasteiger partial charge in [0.25, 0.3) is 0 Å². The van der Waals surface area contributed by atoms with E-state index in [-0.39, 0.29) is 11.6 Å². The topological polar surface area (TPSA) is 62.7 Å². The van der Waals surface area contributed by atoms with Crippen molar-refractivity contribution in [1.82, 2.24) is 4.98 Å². The van der Waals surface area contributed by atoms with Crippen molar-refractivity contribution < 1.29 is 14.6 Å². The molecule has 0 bridgehead atoms. The third-order valence-corrected chi connectivity index (χ3v) is 2.85. The van der Waals surface area contributed by atoms with E-state index < -0.39 is 5.97 Å². The van der Waals surface area contributed by atoms with E-state index in [4.69, 9.17) is 9.84 Å². The fourth-order valence-electron chi connectivity index (χ4n) is 1.99. The van der Waals surface area contributed by atoms with Crippen LogP contribution in [0.5, 0.6) is 0 Å². The van der Waals surface area contributed by atoms with Crippen molar-refractivity contribution in [3.63, 3.8) is 0 Å². The second kappa shape index (κ2) is 6.35. The number of carboxylic acid groups (broad SMARTS) is 1. The van der Waals surface area contributed by atoms with Gasteiger partial charge in [0.05, 0.1) is 18.2 Å². The molecule has 0 radical (unpaired) electrons. The predicted octanol–water partition coefficient (Wildman–Crippen LogP) is 1.95. The van der Waals surface area contributed by atoms with Crippen molar-refractivity contribution in [2.24, 2.45) is 0 Å². The van der Waals surface area contributed by atoms with Gasteiger partial charge in [-0.3, -0.25) is 0 Å². The molecule has 0 aliphatic rings. The summed E-state index contributed by atoms with van der Waals surface area (Å²) >= 11 is 0. The molecule has 0 aromatic carbocycles. The lowest BCUT2D eigenvalue weighted by Crippen LogP contribution is -2.37. The number of methoxy groups -OCH3 is 1. The summed E-state index contributed by atoms with van der Waals surface area (Å²) in [5.74, 6) is -0.141. The number of hydrogen-bond acceptors (Lipinski definition) is 4. The first-order chi connectivity index (χ1) is 8.51. The number of aryl methyl sites for hydroxylation is 1. The second-order valence-electron chi connectivity index (χ2n) is 4.26. The molecule has 0 saturated carbocycles. The number of aromatic carboxylic acids is 1. The predicted molar refractivity (Wildman–Crippen MR) is 70.3 cm³/mol. The van der Waals surface area contributed by atoms with Crippen LogP contribution in [0.15, 0.2) is 12.3 Å². The second-order valence-corrected chi connectivity index (χ2v) is 4.26. The zero-order chi connectivity index (χ0) is 13.7. The van der Waals surface area contributed by atoms with Gasteiger partial charge < -0.3 is 14.7 Å². The molecule has 1 N–H and O–H groups in total. The molecule has 0 aliphatic carbocycles. The number of pyridine rings is 1. The molecular weight excluding hydrogens is 232 g/mol. The van der Waals surface area contributed by atoms with Crippen LogP contribution in [0.4, 0.5) is 5.82 Å². The monoisotopic (exact) mass is 252 g/mol. The van der Waals surface area contributed by atoms with Gasteiger partial charge in [-0.2, -0.15) is 0 Å². The highest BCUT2D eigenvalue weighted by Gasteiger charge is 2.17. The van der Waals surface area contributed by atoms with Crippen LogP contribution in [-0.2, 0) is 4.74 Å². The largest absolute Gasteiger partial charge is 0.478 e. The summed E-state index contributed by atoms with van der Waals surface area (Å²) in [5.41, 5.74) is 1.08. The van der Waals surface area contributed by atoms with E-state index in [1.807, 2.05) is 13.8 Å². The van der Waals surface area contributed by atoms with E-state index in [0.29, 0.717) is 6.61 Å². The van der Waals surface area contributed by atoms with Crippen LogP contribution < -0.4 is 4.90 Å². The quantitative estimate of drug-likeness (QED) is 0.838. The van der Waals surface area contributed by atoms with Gasteiger partial charge in [-0.05, 0) is 32.4 Å². The van der Waals surface area contributed by atoms with Gasteiger partial charge in [0, 0.05) is 19.9 Å². The van der Waals surface area contributed by atoms with Crippen molar-refractivity contribution in [1.29, 1.82) is 0 Å². The Balaban J connectivity index is 3.03. The lowest BCUT2D eigenvalue weighted by Gasteiger charge is -2.29. The minimum atomic E-state index is -0.954. The lowest BCUT2D eigenvalue weighted by atomic mass is 10.1. The first-order valence-electron chi connectivity index (χ1n) is 5.96. The van der Waals surface area contributed by atoms with Gasteiger partial charge >= 0.3 is 5.97 Å². The molecule has 18 heavy (non-hydrogen) atoms. The van der Waals surface area contributed by atoms with Crippen LogP contribution in [0.2, 0.25) is 0 Å². The van der Waals surface area contributed by atoms with Crippen LogP contribution in [-0.4, -0.2) is 42.4 Å². The summed E-state index contributed by atoms with van der Waals surface area (Å²) in [6, 6.07) is 1.84. The number of ether oxygens (including phenoxy) is 1. The zero-order valence-corrected chi connectivity index (χ0v) is 11.3. The summed E-state index contributed by atoms with van der Waals surface area (Å²) in [5, 5.41) is 8.92. The first-order valence-corrected chi connectivity index (χ1v) is 5.96. The van der Waals surface area contributed by atoms with Crippen molar-refractivity contribution in [2.75, 3.05) is 25.2 Å². The van der Waals surface area contributed by atoms with Crippen LogP contribution >= 0.6 is 0 Å². The van der Waals surface area contributed by atoms with E-state index in [0.717, 1.165) is 17.9 Å². The Kier molecular flexibility index (Phi) is 5.09. The Bertz CT molecular complexity index is 421. The smallest absolute Gasteiger partial charge is 0.337 e. The van der Waals surface area contributed by atoms with E-state index in [9.17, 15) is 4.79 Å². The van der Waals surface area contributed by atoms with Gasteiger partial charge in [0.2, 0.25) is 0 Å².